The molecule has 0 bridgehead atoms. The van der Waals surface area contributed by atoms with Crippen LogP contribution in [-0.4, -0.2) is 33.6 Å². The highest BCUT2D eigenvalue weighted by Gasteiger charge is 2.60. The molecule has 31 heavy (non-hydrogen) atoms. The molecule has 2 N–H and O–H groups in total. The van der Waals surface area contributed by atoms with Crippen LogP contribution in [0, 0.1) is 0 Å². The maximum Gasteiger partial charge on any atom is 0.0951 e. The maximum atomic E-state index is 10.8. The fraction of sp³-hybridized carbons (Fsp3) is 1.00. The van der Waals surface area contributed by atoms with Crippen LogP contribution in [0.5, 0.6) is 0 Å². The van der Waals surface area contributed by atoms with Gasteiger partial charge in [-0.2, -0.15) is 0 Å². The molecule has 3 nitrogen and oxygen atoms in total. The van der Waals surface area contributed by atoms with E-state index in [-0.39, 0.29) is 23.4 Å². The number of aliphatic hydroxyl groups is 2. The lowest BCUT2D eigenvalue weighted by molar-refractivity contribution is -0.149. The normalized spacial score (nSPS) is 20.5. The van der Waals surface area contributed by atoms with Crippen molar-refractivity contribution in [2.75, 3.05) is 0 Å². The number of ether oxygens (including phenoxy) is 1. The highest BCUT2D eigenvalue weighted by molar-refractivity contribution is 5.10. The van der Waals surface area contributed by atoms with Gasteiger partial charge in [0.05, 0.1) is 23.4 Å². The Morgan fingerprint density at radius 2 is 0.806 bits per heavy atom. The molecule has 184 valence electrons. The Balaban J connectivity index is 1.55. The fourth-order valence-corrected chi connectivity index (χ4v) is 5.13. The number of hydrogen-bond donors (Lipinski definition) is 2. The Labute approximate surface area is 193 Å². The van der Waals surface area contributed by atoms with Crippen molar-refractivity contribution in [1.29, 1.82) is 0 Å². The summed E-state index contributed by atoms with van der Waals surface area (Å²) >= 11 is 0. The molecule has 0 amide bonds. The van der Waals surface area contributed by atoms with E-state index in [1.54, 1.807) is 0 Å². The molecular weight excluding hydrogens is 384 g/mol. The summed E-state index contributed by atoms with van der Waals surface area (Å²) in [5.41, 5.74) is -0.671. The van der Waals surface area contributed by atoms with Crippen molar-refractivity contribution >= 4 is 0 Å². The van der Waals surface area contributed by atoms with Gasteiger partial charge in [-0.15, -0.1) is 0 Å². The highest BCUT2D eigenvalue weighted by atomic mass is 16.6. The van der Waals surface area contributed by atoms with E-state index in [2.05, 4.69) is 13.8 Å². The Morgan fingerprint density at radius 3 is 1.10 bits per heavy atom. The SMILES string of the molecule is CCCCCCCCCCC(O)C1(OC2(C(O)CCCCCCCCCC)CC2)CC1. The highest BCUT2D eigenvalue weighted by Crippen LogP contribution is 2.55. The largest absolute Gasteiger partial charge is 0.390 e. The van der Waals surface area contributed by atoms with Crippen LogP contribution >= 0.6 is 0 Å². The Hall–Kier alpha value is -0.120. The predicted octanol–water partition coefficient (Wildman–Crippen LogP) is 7.85. The minimum absolute atomic E-state index is 0.335. The molecule has 2 unspecified atom stereocenters. The van der Waals surface area contributed by atoms with Crippen molar-refractivity contribution in [1.82, 2.24) is 0 Å². The topological polar surface area (TPSA) is 49.7 Å². The number of aliphatic hydroxyl groups excluding tert-OH is 2. The van der Waals surface area contributed by atoms with E-state index in [4.69, 9.17) is 4.74 Å². The third-order valence-corrected chi connectivity index (χ3v) is 7.77. The van der Waals surface area contributed by atoms with Crippen LogP contribution in [0.2, 0.25) is 0 Å². The summed E-state index contributed by atoms with van der Waals surface area (Å²) in [4.78, 5) is 0. The van der Waals surface area contributed by atoms with E-state index in [9.17, 15) is 10.2 Å². The molecule has 0 heterocycles. The zero-order valence-corrected chi connectivity index (χ0v) is 21.0. The van der Waals surface area contributed by atoms with Crippen LogP contribution < -0.4 is 0 Å². The summed E-state index contributed by atoms with van der Waals surface area (Å²) in [7, 11) is 0. The molecule has 2 rings (SSSR count). The van der Waals surface area contributed by atoms with Gasteiger partial charge in [-0.3, -0.25) is 0 Å². The molecule has 2 aliphatic rings. The van der Waals surface area contributed by atoms with Crippen molar-refractivity contribution in [3.05, 3.63) is 0 Å². The molecule has 2 atom stereocenters. The quantitative estimate of drug-likeness (QED) is 0.169. The summed E-state index contributed by atoms with van der Waals surface area (Å²) in [6.07, 6.45) is 25.7. The third kappa shape index (κ3) is 10.1. The lowest BCUT2D eigenvalue weighted by Crippen LogP contribution is -2.41. The minimum Gasteiger partial charge on any atom is -0.390 e. The lowest BCUT2D eigenvalue weighted by atomic mass is 10.00. The van der Waals surface area contributed by atoms with Crippen LogP contribution in [0.3, 0.4) is 0 Å². The summed E-state index contributed by atoms with van der Waals surface area (Å²) in [5.74, 6) is 0. The molecule has 0 spiro atoms. The summed E-state index contributed by atoms with van der Waals surface area (Å²) in [5, 5.41) is 21.6. The molecule has 0 aromatic carbocycles. The van der Waals surface area contributed by atoms with Crippen LogP contribution in [0.4, 0.5) is 0 Å². The molecule has 0 aliphatic heterocycles. The predicted molar refractivity (Wildman–Crippen MR) is 131 cm³/mol. The lowest BCUT2D eigenvalue weighted by Gasteiger charge is -2.31. The van der Waals surface area contributed by atoms with Gasteiger partial charge in [0, 0.05) is 0 Å². The zero-order chi connectivity index (χ0) is 22.4. The maximum absolute atomic E-state index is 10.8. The fourth-order valence-electron chi connectivity index (χ4n) is 5.13. The first-order valence-electron chi connectivity index (χ1n) is 14.1. The van der Waals surface area contributed by atoms with Crippen molar-refractivity contribution < 1.29 is 14.9 Å². The number of rotatable bonds is 22. The molecule has 3 heteroatoms. The van der Waals surface area contributed by atoms with E-state index in [0.717, 1.165) is 51.4 Å². The van der Waals surface area contributed by atoms with E-state index >= 15 is 0 Å². The van der Waals surface area contributed by atoms with Crippen LogP contribution in [-0.2, 0) is 4.74 Å². The van der Waals surface area contributed by atoms with E-state index in [0.29, 0.717) is 0 Å². The summed E-state index contributed by atoms with van der Waals surface area (Å²) in [6.45, 7) is 4.52. The van der Waals surface area contributed by atoms with Crippen LogP contribution in [0.1, 0.15) is 155 Å². The zero-order valence-electron chi connectivity index (χ0n) is 21.0. The molecule has 0 aromatic rings. The van der Waals surface area contributed by atoms with Gasteiger partial charge in [0.25, 0.3) is 0 Å². The first-order valence-corrected chi connectivity index (χ1v) is 14.1. The molecular formula is C28H54O3. The monoisotopic (exact) mass is 438 g/mol. The average Bonchev–Trinajstić information content (AvgIpc) is 3.70. The van der Waals surface area contributed by atoms with Crippen molar-refractivity contribution in [3.8, 4) is 0 Å². The molecule has 2 saturated carbocycles. The molecule has 0 aromatic heterocycles. The molecule has 0 radical (unpaired) electrons. The van der Waals surface area contributed by atoms with Gasteiger partial charge in [0.1, 0.15) is 0 Å². The number of unbranched alkanes of at least 4 members (excludes halogenated alkanes) is 14. The van der Waals surface area contributed by atoms with Crippen molar-refractivity contribution in [3.63, 3.8) is 0 Å². The third-order valence-electron chi connectivity index (χ3n) is 7.77. The van der Waals surface area contributed by atoms with Gasteiger partial charge in [-0.25, -0.2) is 0 Å². The molecule has 2 aliphatic carbocycles. The van der Waals surface area contributed by atoms with E-state index in [1.807, 2.05) is 0 Å². The van der Waals surface area contributed by atoms with Gasteiger partial charge in [-0.1, -0.05) is 117 Å². The number of hydrogen-bond acceptors (Lipinski definition) is 3. The molecule has 2 fully saturated rings. The summed E-state index contributed by atoms with van der Waals surface area (Å²) < 4.78 is 6.52. The van der Waals surface area contributed by atoms with Gasteiger partial charge in [0.2, 0.25) is 0 Å². The second-order valence-electron chi connectivity index (χ2n) is 10.8. The van der Waals surface area contributed by atoms with Crippen molar-refractivity contribution in [2.24, 2.45) is 0 Å². The Bertz CT molecular complexity index is 402. The van der Waals surface area contributed by atoms with Gasteiger partial charge in [0.15, 0.2) is 0 Å². The van der Waals surface area contributed by atoms with Crippen LogP contribution in [0.15, 0.2) is 0 Å². The summed E-state index contributed by atoms with van der Waals surface area (Å²) in [6, 6.07) is 0. The molecule has 0 saturated heterocycles. The van der Waals surface area contributed by atoms with E-state index in [1.165, 1.54) is 89.9 Å². The van der Waals surface area contributed by atoms with Crippen LogP contribution in [0.25, 0.3) is 0 Å². The Morgan fingerprint density at radius 1 is 0.516 bits per heavy atom. The van der Waals surface area contributed by atoms with E-state index < -0.39 is 0 Å². The average molecular weight is 439 g/mol. The van der Waals surface area contributed by atoms with Gasteiger partial charge < -0.3 is 14.9 Å². The van der Waals surface area contributed by atoms with Gasteiger partial charge >= 0.3 is 0 Å². The van der Waals surface area contributed by atoms with Gasteiger partial charge in [-0.05, 0) is 38.5 Å². The Kier molecular flexibility index (Phi) is 13.0. The standard InChI is InChI=1S/C28H54O3/c1-3-5-7-9-11-13-15-17-19-25(29)27(21-22-27)31-28(23-24-28)26(30)20-18-16-14-12-10-8-6-4-2/h25-26,29-30H,3-24H2,1-2H3. The first-order chi connectivity index (χ1) is 15.1. The second kappa shape index (κ2) is 14.9. The minimum atomic E-state index is -0.347. The first kappa shape index (κ1) is 27.1. The van der Waals surface area contributed by atoms with Crippen molar-refractivity contribution in [2.45, 2.75) is 179 Å². The smallest absolute Gasteiger partial charge is 0.0951 e. The second-order valence-corrected chi connectivity index (χ2v) is 10.8.